The van der Waals surface area contributed by atoms with E-state index < -0.39 is 0 Å². The van der Waals surface area contributed by atoms with Gasteiger partial charge in [-0.2, -0.15) is 0 Å². The van der Waals surface area contributed by atoms with Crippen molar-refractivity contribution in [2.24, 2.45) is 0 Å². The highest BCUT2D eigenvalue weighted by molar-refractivity contribution is 5.92. The minimum Gasteiger partial charge on any atom is -0.508 e. The van der Waals surface area contributed by atoms with Crippen LogP contribution >= 0.6 is 0 Å². The standard InChI is InChI=1S/C21H33NO3/c1-2-3-4-5-6-7-8-9-10-11-16-22-21(25)15-13-18-12-14-19(23)17-20(18)24/h12-15,17,23-24H,2-11,16H2,1H3,(H,22,25)/b15-13+. The van der Waals surface area contributed by atoms with Gasteiger partial charge < -0.3 is 15.5 Å². The molecule has 1 amide bonds. The number of unbranched alkanes of at least 4 members (excludes halogenated alkanes) is 9. The molecule has 0 radical (unpaired) electrons. The summed E-state index contributed by atoms with van der Waals surface area (Å²) < 4.78 is 0. The average molecular weight is 347 g/mol. The topological polar surface area (TPSA) is 69.6 Å². The smallest absolute Gasteiger partial charge is 0.244 e. The first-order chi connectivity index (χ1) is 12.1. The highest BCUT2D eigenvalue weighted by Crippen LogP contribution is 2.23. The number of carbonyl (C=O) groups excluding carboxylic acids is 1. The summed E-state index contributed by atoms with van der Waals surface area (Å²) in [7, 11) is 0. The second kappa shape index (κ2) is 13.3. The normalized spacial score (nSPS) is 11.1. The van der Waals surface area contributed by atoms with E-state index in [1.165, 1.54) is 69.6 Å². The Kier molecular flexibility index (Phi) is 11.2. The van der Waals surface area contributed by atoms with Crippen molar-refractivity contribution in [1.29, 1.82) is 0 Å². The number of aromatic hydroxyl groups is 2. The van der Waals surface area contributed by atoms with Gasteiger partial charge in [-0.15, -0.1) is 0 Å². The second-order valence-electron chi connectivity index (χ2n) is 6.55. The summed E-state index contributed by atoms with van der Waals surface area (Å²) in [4.78, 5) is 11.7. The molecule has 4 nitrogen and oxygen atoms in total. The van der Waals surface area contributed by atoms with E-state index in [1.54, 1.807) is 12.1 Å². The number of carbonyl (C=O) groups is 1. The molecule has 25 heavy (non-hydrogen) atoms. The van der Waals surface area contributed by atoms with Crippen LogP contribution in [0.25, 0.3) is 6.08 Å². The van der Waals surface area contributed by atoms with Crippen molar-refractivity contribution in [1.82, 2.24) is 5.32 Å². The summed E-state index contributed by atoms with van der Waals surface area (Å²) in [5.74, 6) is -0.206. The van der Waals surface area contributed by atoms with Gasteiger partial charge in [0.05, 0.1) is 0 Å². The number of amides is 1. The summed E-state index contributed by atoms with van der Waals surface area (Å²) in [6, 6.07) is 4.29. The third-order valence-electron chi connectivity index (χ3n) is 4.26. The zero-order valence-corrected chi connectivity index (χ0v) is 15.5. The number of nitrogens with one attached hydrogen (secondary N) is 1. The molecule has 0 fully saturated rings. The fraction of sp³-hybridized carbons (Fsp3) is 0.571. The molecule has 0 aliphatic heterocycles. The zero-order valence-electron chi connectivity index (χ0n) is 15.5. The van der Waals surface area contributed by atoms with Gasteiger partial charge >= 0.3 is 0 Å². The molecule has 0 aromatic heterocycles. The van der Waals surface area contributed by atoms with Gasteiger partial charge in [0.1, 0.15) is 11.5 Å². The molecular weight excluding hydrogens is 314 g/mol. The van der Waals surface area contributed by atoms with Crippen LogP contribution in [0.3, 0.4) is 0 Å². The molecule has 3 N–H and O–H groups in total. The minimum atomic E-state index is -0.164. The van der Waals surface area contributed by atoms with Gasteiger partial charge in [0.15, 0.2) is 0 Å². The van der Waals surface area contributed by atoms with Crippen molar-refractivity contribution in [3.8, 4) is 11.5 Å². The van der Waals surface area contributed by atoms with E-state index in [1.807, 2.05) is 0 Å². The lowest BCUT2D eigenvalue weighted by atomic mass is 10.1. The Hall–Kier alpha value is -1.97. The van der Waals surface area contributed by atoms with Gasteiger partial charge in [0.25, 0.3) is 0 Å². The molecule has 140 valence electrons. The summed E-state index contributed by atoms with van der Waals surface area (Å²) in [5, 5.41) is 21.7. The van der Waals surface area contributed by atoms with Gasteiger partial charge in [-0.25, -0.2) is 0 Å². The molecule has 1 aromatic rings. The van der Waals surface area contributed by atoms with Crippen molar-refractivity contribution < 1.29 is 15.0 Å². The van der Waals surface area contributed by atoms with Crippen molar-refractivity contribution in [3.05, 3.63) is 29.8 Å². The van der Waals surface area contributed by atoms with Crippen LogP contribution in [-0.4, -0.2) is 22.7 Å². The van der Waals surface area contributed by atoms with Crippen LogP contribution in [0.1, 0.15) is 76.7 Å². The maximum absolute atomic E-state index is 11.7. The predicted molar refractivity (Wildman–Crippen MR) is 104 cm³/mol. The van der Waals surface area contributed by atoms with Crippen LogP contribution in [0.2, 0.25) is 0 Å². The minimum absolute atomic E-state index is 0.0000564. The summed E-state index contributed by atoms with van der Waals surface area (Å²) in [6.07, 6.45) is 15.7. The molecule has 1 rings (SSSR count). The first-order valence-corrected chi connectivity index (χ1v) is 9.61. The number of phenols is 2. The molecule has 0 aliphatic rings. The van der Waals surface area contributed by atoms with Gasteiger partial charge in [0.2, 0.25) is 5.91 Å². The van der Waals surface area contributed by atoms with E-state index in [0.717, 1.165) is 12.8 Å². The van der Waals surface area contributed by atoms with Crippen molar-refractivity contribution in [2.75, 3.05) is 6.54 Å². The van der Waals surface area contributed by atoms with E-state index in [-0.39, 0.29) is 17.4 Å². The fourth-order valence-electron chi connectivity index (χ4n) is 2.72. The lowest BCUT2D eigenvalue weighted by molar-refractivity contribution is -0.116. The Morgan fingerprint density at radius 3 is 2.16 bits per heavy atom. The predicted octanol–water partition coefficient (Wildman–Crippen LogP) is 5.15. The Bertz CT molecular complexity index is 526. The Balaban J connectivity index is 2.02. The Labute approximate surface area is 152 Å². The van der Waals surface area contributed by atoms with Crippen molar-refractivity contribution in [2.45, 2.75) is 71.1 Å². The third-order valence-corrected chi connectivity index (χ3v) is 4.26. The first kappa shape index (κ1) is 21.1. The maximum Gasteiger partial charge on any atom is 0.244 e. The summed E-state index contributed by atoms with van der Waals surface area (Å²) >= 11 is 0. The van der Waals surface area contributed by atoms with Gasteiger partial charge in [-0.3, -0.25) is 4.79 Å². The van der Waals surface area contributed by atoms with Crippen LogP contribution in [-0.2, 0) is 4.79 Å². The van der Waals surface area contributed by atoms with Gasteiger partial charge in [0, 0.05) is 24.3 Å². The third kappa shape index (κ3) is 10.5. The van der Waals surface area contributed by atoms with Gasteiger partial charge in [-0.05, 0) is 24.6 Å². The number of benzene rings is 1. The van der Waals surface area contributed by atoms with Crippen LogP contribution < -0.4 is 5.32 Å². The molecule has 0 unspecified atom stereocenters. The van der Waals surface area contributed by atoms with E-state index in [2.05, 4.69) is 12.2 Å². The monoisotopic (exact) mass is 347 g/mol. The largest absolute Gasteiger partial charge is 0.508 e. The lowest BCUT2D eigenvalue weighted by Crippen LogP contribution is -2.21. The molecule has 0 saturated heterocycles. The van der Waals surface area contributed by atoms with Crippen molar-refractivity contribution >= 4 is 12.0 Å². The van der Waals surface area contributed by atoms with Crippen LogP contribution in [0.5, 0.6) is 11.5 Å². The Morgan fingerprint density at radius 1 is 0.960 bits per heavy atom. The highest BCUT2D eigenvalue weighted by atomic mass is 16.3. The molecule has 0 aliphatic carbocycles. The molecule has 0 heterocycles. The van der Waals surface area contributed by atoms with Crippen LogP contribution in [0.4, 0.5) is 0 Å². The fourth-order valence-corrected chi connectivity index (χ4v) is 2.72. The molecule has 1 aromatic carbocycles. The SMILES string of the molecule is CCCCCCCCCCCCNC(=O)/C=C/c1ccc(O)cc1O. The molecule has 0 bridgehead atoms. The van der Waals surface area contributed by atoms with E-state index in [0.29, 0.717) is 12.1 Å². The first-order valence-electron chi connectivity index (χ1n) is 9.61. The quantitative estimate of drug-likeness (QED) is 0.341. The van der Waals surface area contributed by atoms with Crippen LogP contribution in [0.15, 0.2) is 24.3 Å². The van der Waals surface area contributed by atoms with E-state index in [4.69, 9.17) is 0 Å². The molecule has 0 saturated carbocycles. The van der Waals surface area contributed by atoms with Crippen molar-refractivity contribution in [3.63, 3.8) is 0 Å². The van der Waals surface area contributed by atoms with E-state index >= 15 is 0 Å². The lowest BCUT2D eigenvalue weighted by Gasteiger charge is -2.04. The maximum atomic E-state index is 11.7. The summed E-state index contributed by atoms with van der Waals surface area (Å²) in [5.41, 5.74) is 0.506. The summed E-state index contributed by atoms with van der Waals surface area (Å²) in [6.45, 7) is 2.92. The highest BCUT2D eigenvalue weighted by Gasteiger charge is 2.00. The molecule has 4 heteroatoms. The zero-order chi connectivity index (χ0) is 18.3. The number of hydrogen-bond acceptors (Lipinski definition) is 3. The molecular formula is C21H33NO3. The van der Waals surface area contributed by atoms with Gasteiger partial charge in [-0.1, -0.05) is 64.7 Å². The number of phenolic OH excluding ortho intramolecular Hbond substituents is 2. The number of hydrogen-bond donors (Lipinski definition) is 3. The molecule has 0 spiro atoms. The second-order valence-corrected chi connectivity index (χ2v) is 6.55. The number of rotatable bonds is 13. The van der Waals surface area contributed by atoms with Crippen LogP contribution in [0, 0.1) is 0 Å². The molecule has 0 atom stereocenters. The Morgan fingerprint density at radius 2 is 1.56 bits per heavy atom. The average Bonchev–Trinajstić information content (AvgIpc) is 2.59. The van der Waals surface area contributed by atoms with E-state index in [9.17, 15) is 15.0 Å².